The average molecular weight is 384 g/mol. The van der Waals surface area contributed by atoms with Gasteiger partial charge in [0.2, 0.25) is 0 Å². The molecular formula is C20H22BrNSi. The van der Waals surface area contributed by atoms with Gasteiger partial charge in [-0.2, -0.15) is 0 Å². The van der Waals surface area contributed by atoms with Crippen LogP contribution in [0.3, 0.4) is 0 Å². The van der Waals surface area contributed by atoms with E-state index < -0.39 is 8.07 Å². The van der Waals surface area contributed by atoms with Gasteiger partial charge in [-0.15, -0.1) is 0 Å². The summed E-state index contributed by atoms with van der Waals surface area (Å²) in [4.78, 5) is 0. The fourth-order valence-corrected chi connectivity index (χ4v) is 4.99. The molecule has 1 nitrogen and oxygen atoms in total. The lowest BCUT2D eigenvalue weighted by molar-refractivity contribution is 0.975. The quantitative estimate of drug-likeness (QED) is 0.667. The average Bonchev–Trinajstić information content (AvgIpc) is 2.54. The maximum atomic E-state index is 3.64. The molecule has 2 aromatic rings. The van der Waals surface area contributed by atoms with Gasteiger partial charge < -0.3 is 5.32 Å². The Morgan fingerprint density at radius 2 is 1.61 bits per heavy atom. The third-order valence-electron chi connectivity index (χ3n) is 4.20. The van der Waals surface area contributed by atoms with Crippen LogP contribution in [0, 0.1) is 0 Å². The molecule has 0 fully saturated rings. The van der Waals surface area contributed by atoms with Gasteiger partial charge in [-0.25, -0.2) is 0 Å². The summed E-state index contributed by atoms with van der Waals surface area (Å²) in [5, 5.41) is 5.22. The summed E-state index contributed by atoms with van der Waals surface area (Å²) in [6.07, 6.45) is 2.33. The van der Waals surface area contributed by atoms with Crippen molar-refractivity contribution in [1.82, 2.24) is 5.32 Å². The Bertz CT molecular complexity index is 770. The molecule has 1 heterocycles. The van der Waals surface area contributed by atoms with Crippen molar-refractivity contribution in [2.24, 2.45) is 0 Å². The normalized spacial score (nSPS) is 15.2. The Morgan fingerprint density at radius 3 is 2.26 bits per heavy atom. The van der Waals surface area contributed by atoms with Crippen LogP contribution in [0.5, 0.6) is 0 Å². The zero-order chi connectivity index (χ0) is 16.4. The van der Waals surface area contributed by atoms with E-state index in [4.69, 9.17) is 0 Å². The van der Waals surface area contributed by atoms with Crippen LogP contribution in [0.2, 0.25) is 19.6 Å². The number of halogens is 1. The van der Waals surface area contributed by atoms with Crippen LogP contribution < -0.4 is 5.32 Å². The van der Waals surface area contributed by atoms with Crippen molar-refractivity contribution in [3.8, 4) is 0 Å². The van der Waals surface area contributed by atoms with Gasteiger partial charge in [0, 0.05) is 16.7 Å². The van der Waals surface area contributed by atoms with Gasteiger partial charge in [-0.3, -0.25) is 0 Å². The van der Waals surface area contributed by atoms with E-state index in [1.165, 1.54) is 22.4 Å². The second kappa shape index (κ2) is 6.50. The minimum Gasteiger partial charge on any atom is -0.381 e. The zero-order valence-corrected chi connectivity index (χ0v) is 16.4. The maximum Gasteiger partial charge on any atom is 0.0755 e. The molecule has 0 spiro atoms. The molecule has 23 heavy (non-hydrogen) atoms. The molecule has 1 N–H and O–H groups in total. The van der Waals surface area contributed by atoms with Crippen LogP contribution in [-0.4, -0.2) is 14.6 Å². The molecule has 1 aliphatic rings. The molecule has 1 aliphatic heterocycles. The van der Waals surface area contributed by atoms with Gasteiger partial charge in [0.05, 0.1) is 8.07 Å². The van der Waals surface area contributed by atoms with Crippen LogP contribution in [0.1, 0.15) is 11.1 Å². The Hall–Kier alpha value is -1.58. The first-order valence-corrected chi connectivity index (χ1v) is 12.2. The predicted octanol–water partition coefficient (Wildman–Crippen LogP) is 5.72. The summed E-state index contributed by atoms with van der Waals surface area (Å²) in [5.74, 6) is 0. The Kier molecular flexibility index (Phi) is 4.60. The third-order valence-corrected chi connectivity index (χ3v) is 6.95. The van der Waals surface area contributed by atoms with Gasteiger partial charge in [-0.05, 0) is 34.9 Å². The fourth-order valence-electron chi connectivity index (χ4n) is 2.95. The zero-order valence-electron chi connectivity index (χ0n) is 13.9. The number of allylic oxidation sites excluding steroid dienone is 2. The molecule has 118 valence electrons. The van der Waals surface area contributed by atoms with E-state index in [9.17, 15) is 0 Å². The largest absolute Gasteiger partial charge is 0.381 e. The van der Waals surface area contributed by atoms with E-state index in [1.54, 1.807) is 5.20 Å². The molecule has 0 amide bonds. The molecule has 3 heteroatoms. The molecule has 0 atom stereocenters. The van der Waals surface area contributed by atoms with Crippen molar-refractivity contribution in [3.63, 3.8) is 0 Å². The fraction of sp³-hybridized carbons (Fsp3) is 0.200. The van der Waals surface area contributed by atoms with Crippen LogP contribution in [0.4, 0.5) is 0 Å². The summed E-state index contributed by atoms with van der Waals surface area (Å²) in [6, 6.07) is 19.2. The van der Waals surface area contributed by atoms with Crippen molar-refractivity contribution in [1.29, 1.82) is 0 Å². The molecule has 0 saturated heterocycles. The lowest BCUT2D eigenvalue weighted by Gasteiger charge is -2.30. The summed E-state index contributed by atoms with van der Waals surface area (Å²) in [5.41, 5.74) is 5.15. The molecule has 0 radical (unpaired) electrons. The van der Waals surface area contributed by atoms with Crippen LogP contribution in [-0.2, 0) is 0 Å². The van der Waals surface area contributed by atoms with E-state index in [2.05, 4.69) is 102 Å². The molecular weight excluding hydrogens is 362 g/mol. The highest BCUT2D eigenvalue weighted by Gasteiger charge is 2.26. The number of hydrogen-bond donors (Lipinski definition) is 1. The summed E-state index contributed by atoms with van der Waals surface area (Å²) >= 11 is 3.57. The van der Waals surface area contributed by atoms with E-state index in [0.717, 1.165) is 11.0 Å². The van der Waals surface area contributed by atoms with Crippen LogP contribution >= 0.6 is 15.9 Å². The van der Waals surface area contributed by atoms with Crippen molar-refractivity contribution in [2.75, 3.05) is 6.54 Å². The van der Waals surface area contributed by atoms with Crippen molar-refractivity contribution in [2.45, 2.75) is 19.6 Å². The highest BCUT2D eigenvalue weighted by Crippen LogP contribution is 2.32. The Morgan fingerprint density at radius 1 is 0.913 bits per heavy atom. The van der Waals surface area contributed by atoms with Crippen molar-refractivity contribution >= 4 is 35.3 Å². The predicted molar refractivity (Wildman–Crippen MR) is 107 cm³/mol. The van der Waals surface area contributed by atoms with E-state index in [1.807, 2.05) is 0 Å². The summed E-state index contributed by atoms with van der Waals surface area (Å²) in [6.45, 7) is 8.21. The van der Waals surface area contributed by atoms with Crippen molar-refractivity contribution in [3.05, 3.63) is 81.5 Å². The lowest BCUT2D eigenvalue weighted by Crippen LogP contribution is -2.34. The first kappa shape index (κ1) is 16.3. The van der Waals surface area contributed by atoms with E-state index in [0.29, 0.717) is 0 Å². The molecule has 0 unspecified atom stereocenters. The van der Waals surface area contributed by atoms with E-state index >= 15 is 0 Å². The first-order valence-electron chi connectivity index (χ1n) is 7.96. The number of benzene rings is 2. The SMILES string of the molecule is C[Si](C)(C)C1=C(c2ccccc2)C=C(c2cccc(Br)c2)NC1. The number of nitrogens with one attached hydrogen (secondary N) is 1. The van der Waals surface area contributed by atoms with Gasteiger partial charge in [0.15, 0.2) is 0 Å². The molecule has 2 aromatic carbocycles. The molecule has 0 aromatic heterocycles. The highest BCUT2D eigenvalue weighted by molar-refractivity contribution is 9.10. The smallest absolute Gasteiger partial charge is 0.0755 e. The highest BCUT2D eigenvalue weighted by atomic mass is 79.9. The molecule has 0 saturated carbocycles. The second-order valence-corrected chi connectivity index (χ2v) is 12.9. The van der Waals surface area contributed by atoms with Gasteiger partial charge >= 0.3 is 0 Å². The Labute approximate surface area is 148 Å². The van der Waals surface area contributed by atoms with Crippen molar-refractivity contribution < 1.29 is 0 Å². The summed E-state index contributed by atoms with van der Waals surface area (Å²) < 4.78 is 1.11. The number of hydrogen-bond acceptors (Lipinski definition) is 1. The Balaban J connectivity index is 2.13. The summed E-state index contributed by atoms with van der Waals surface area (Å²) in [7, 11) is -1.38. The van der Waals surface area contributed by atoms with Gasteiger partial charge in [0.1, 0.15) is 0 Å². The van der Waals surface area contributed by atoms with Gasteiger partial charge in [0.25, 0.3) is 0 Å². The van der Waals surface area contributed by atoms with Crippen LogP contribution in [0.15, 0.2) is 70.3 Å². The first-order chi connectivity index (χ1) is 10.9. The number of rotatable bonds is 3. The molecule has 0 aliphatic carbocycles. The standard InChI is InChI=1S/C20H22BrNSi/c1-23(2,3)20-14-22-19(16-10-7-11-17(21)12-16)13-18(20)15-8-5-4-6-9-15/h4-13,22H,14H2,1-3H3. The lowest BCUT2D eigenvalue weighted by atomic mass is 9.99. The third kappa shape index (κ3) is 3.67. The second-order valence-electron chi connectivity index (χ2n) is 6.93. The van der Waals surface area contributed by atoms with Gasteiger partial charge in [-0.1, -0.05) is 83.2 Å². The topological polar surface area (TPSA) is 12.0 Å². The minimum atomic E-state index is -1.38. The number of dihydropyridines is 1. The maximum absolute atomic E-state index is 3.64. The van der Waals surface area contributed by atoms with E-state index in [-0.39, 0.29) is 0 Å². The van der Waals surface area contributed by atoms with Crippen LogP contribution in [0.25, 0.3) is 11.3 Å². The molecule has 3 rings (SSSR count). The minimum absolute atomic E-state index is 0.943. The molecule has 0 bridgehead atoms. The monoisotopic (exact) mass is 383 g/mol.